The largest absolute Gasteiger partial charge is 0.495 e. The van der Waals surface area contributed by atoms with Crippen molar-refractivity contribution in [2.75, 3.05) is 31.5 Å². The van der Waals surface area contributed by atoms with E-state index in [0.29, 0.717) is 42.4 Å². The average Bonchev–Trinajstić information content (AvgIpc) is 3.23. The minimum atomic E-state index is -4.78. The fraction of sp³-hybridized carbons (Fsp3) is 0.414. The van der Waals surface area contributed by atoms with E-state index in [9.17, 15) is 32.5 Å². The Morgan fingerprint density at radius 3 is 2.47 bits per heavy atom. The number of hydrogen-bond acceptors (Lipinski definition) is 8. The number of ether oxygens (including phenoxy) is 1. The van der Waals surface area contributed by atoms with Gasteiger partial charge < -0.3 is 30.3 Å². The summed E-state index contributed by atoms with van der Waals surface area (Å²) in [5, 5.41) is 15.6. The zero-order valence-electron chi connectivity index (χ0n) is 23.9. The van der Waals surface area contributed by atoms with Gasteiger partial charge in [0.2, 0.25) is 13.3 Å². The maximum atomic E-state index is 14.0. The lowest BCUT2D eigenvalue weighted by Crippen LogP contribution is -2.18. The molecule has 43 heavy (non-hydrogen) atoms. The average molecular weight is 620 g/mol. The van der Waals surface area contributed by atoms with Crippen LogP contribution in [0.4, 0.5) is 36.3 Å². The molecule has 1 fully saturated rings. The number of amides is 1. The number of carbonyl (C=O) groups excluding carboxylic acids is 1. The molecule has 2 aromatic carbocycles. The smallest absolute Gasteiger partial charge is 0.421 e. The number of aromatic nitrogens is 2. The molecule has 1 saturated carbocycles. The summed E-state index contributed by atoms with van der Waals surface area (Å²) in [5.41, 5.74) is 2.22. The second-order valence-corrected chi connectivity index (χ2v) is 13.6. The molecule has 2 aliphatic rings. The molecule has 3 aromatic rings. The summed E-state index contributed by atoms with van der Waals surface area (Å²) in [7, 11) is -0.365. The van der Waals surface area contributed by atoms with Crippen LogP contribution in [0.25, 0.3) is 0 Å². The van der Waals surface area contributed by atoms with E-state index in [4.69, 9.17) is 4.74 Å². The van der Waals surface area contributed by atoms with Crippen LogP contribution in [-0.2, 0) is 23.4 Å². The Kier molecular flexibility index (Phi) is 8.43. The summed E-state index contributed by atoms with van der Waals surface area (Å²) >= 11 is 0. The quantitative estimate of drug-likeness (QED) is 0.224. The van der Waals surface area contributed by atoms with E-state index >= 15 is 0 Å². The van der Waals surface area contributed by atoms with Crippen molar-refractivity contribution in [3.8, 4) is 5.75 Å². The van der Waals surface area contributed by atoms with Gasteiger partial charge in [-0.25, -0.2) is 4.98 Å². The lowest BCUT2D eigenvalue weighted by Gasteiger charge is -2.27. The van der Waals surface area contributed by atoms with Crippen molar-refractivity contribution in [1.29, 1.82) is 0 Å². The predicted molar refractivity (Wildman–Crippen MR) is 156 cm³/mol. The molecule has 1 unspecified atom stereocenters. The van der Waals surface area contributed by atoms with E-state index in [0.717, 1.165) is 24.0 Å². The second-order valence-electron chi connectivity index (χ2n) is 11.2. The molecule has 1 aliphatic heterocycles. The molecule has 1 amide bonds. The van der Waals surface area contributed by atoms with Gasteiger partial charge in [0, 0.05) is 32.6 Å². The van der Waals surface area contributed by atoms with Gasteiger partial charge in [-0.05, 0) is 66.5 Å². The minimum absolute atomic E-state index is 0.126. The van der Waals surface area contributed by atoms with Crippen LogP contribution in [0.5, 0.6) is 5.75 Å². The first-order chi connectivity index (χ1) is 20.2. The SMILES string of the molecule is COc1cc(CP(C)(=O)O)ccc1Nc1nc(Nc2ccc([C@H]3CC[C@H](O)CC3)c3c2C(=O)N(C)C3)ncc1C(F)(F)F. The first-order valence-electron chi connectivity index (χ1n) is 13.8. The highest BCUT2D eigenvalue weighted by molar-refractivity contribution is 7.56. The second kappa shape index (κ2) is 11.8. The first kappa shape index (κ1) is 30.8. The molecule has 0 bridgehead atoms. The van der Waals surface area contributed by atoms with Gasteiger partial charge >= 0.3 is 6.18 Å². The number of aliphatic hydroxyl groups is 1. The van der Waals surface area contributed by atoms with Crippen LogP contribution >= 0.6 is 7.37 Å². The third-order valence-electron chi connectivity index (χ3n) is 7.78. The molecule has 5 rings (SSSR count). The first-order valence-corrected chi connectivity index (χ1v) is 16.1. The molecule has 1 atom stereocenters. The molecule has 1 aliphatic carbocycles. The van der Waals surface area contributed by atoms with Crippen LogP contribution in [0, 0.1) is 0 Å². The van der Waals surface area contributed by atoms with Crippen LogP contribution in [-0.4, -0.2) is 57.7 Å². The Morgan fingerprint density at radius 1 is 1.12 bits per heavy atom. The van der Waals surface area contributed by atoms with Crippen LogP contribution in [0.2, 0.25) is 0 Å². The van der Waals surface area contributed by atoms with Gasteiger partial charge in [-0.3, -0.25) is 9.36 Å². The van der Waals surface area contributed by atoms with E-state index in [1.807, 2.05) is 6.07 Å². The molecule has 1 aromatic heterocycles. The lowest BCUT2D eigenvalue weighted by atomic mass is 9.80. The Hall–Kier alpha value is -3.67. The van der Waals surface area contributed by atoms with Crippen molar-refractivity contribution < 1.29 is 37.3 Å². The van der Waals surface area contributed by atoms with E-state index in [2.05, 4.69) is 20.6 Å². The minimum Gasteiger partial charge on any atom is -0.495 e. The molecule has 230 valence electrons. The molecule has 0 saturated heterocycles. The highest BCUT2D eigenvalue weighted by atomic mass is 31.2. The number of rotatable bonds is 8. The highest BCUT2D eigenvalue weighted by Crippen LogP contribution is 2.43. The van der Waals surface area contributed by atoms with Crippen LogP contribution in [0.15, 0.2) is 36.5 Å². The van der Waals surface area contributed by atoms with Crippen molar-refractivity contribution in [3.05, 3.63) is 64.3 Å². The number of halogens is 3. The molecular weight excluding hydrogens is 586 g/mol. The number of nitrogens with zero attached hydrogens (tertiary/aromatic N) is 3. The third-order valence-corrected chi connectivity index (χ3v) is 8.73. The maximum absolute atomic E-state index is 14.0. The summed E-state index contributed by atoms with van der Waals surface area (Å²) in [6, 6.07) is 8.09. The summed E-state index contributed by atoms with van der Waals surface area (Å²) < 4.78 is 59.1. The normalized spacial score (nSPS) is 20.0. The summed E-state index contributed by atoms with van der Waals surface area (Å²) in [4.78, 5) is 32.5. The fourth-order valence-electron chi connectivity index (χ4n) is 5.72. The van der Waals surface area contributed by atoms with E-state index in [1.54, 1.807) is 18.0 Å². The van der Waals surface area contributed by atoms with E-state index < -0.39 is 24.9 Å². The number of aliphatic hydroxyl groups excluding tert-OH is 1. The molecule has 0 spiro atoms. The molecule has 14 heteroatoms. The maximum Gasteiger partial charge on any atom is 0.421 e. The van der Waals surface area contributed by atoms with E-state index in [-0.39, 0.29) is 41.5 Å². The van der Waals surface area contributed by atoms with Gasteiger partial charge in [0.15, 0.2) is 0 Å². The van der Waals surface area contributed by atoms with E-state index in [1.165, 1.54) is 32.0 Å². The lowest BCUT2D eigenvalue weighted by molar-refractivity contribution is -0.137. The topological polar surface area (TPSA) is 137 Å². The Morgan fingerprint density at radius 2 is 1.81 bits per heavy atom. The Balaban J connectivity index is 1.49. The number of hydrogen-bond donors (Lipinski definition) is 4. The summed E-state index contributed by atoms with van der Waals surface area (Å²) in [5.74, 6) is -0.561. The van der Waals surface area contributed by atoms with Crippen LogP contribution in [0.1, 0.15) is 64.2 Å². The highest BCUT2D eigenvalue weighted by Gasteiger charge is 2.37. The van der Waals surface area contributed by atoms with Crippen LogP contribution < -0.4 is 15.4 Å². The molecular formula is C29H33F3N5O5P. The predicted octanol–water partition coefficient (Wildman–Crippen LogP) is 6.00. The number of carbonyl (C=O) groups is 1. The van der Waals surface area contributed by atoms with Gasteiger partial charge in [0.1, 0.15) is 17.1 Å². The number of methoxy groups -OCH3 is 1. The number of anilines is 4. The molecule has 10 nitrogen and oxygen atoms in total. The Bertz CT molecular complexity index is 1590. The van der Waals surface area contributed by atoms with Gasteiger partial charge in [-0.1, -0.05) is 12.1 Å². The third kappa shape index (κ3) is 6.79. The number of nitrogens with one attached hydrogen (secondary N) is 2. The van der Waals surface area contributed by atoms with Gasteiger partial charge in [-0.2, -0.15) is 18.2 Å². The number of fused-ring (bicyclic) bond motifs is 1. The Labute approximate surface area is 246 Å². The van der Waals surface area contributed by atoms with Crippen molar-refractivity contribution >= 4 is 36.4 Å². The standard InChI is InChI=1S/C29H33F3N5O5P/c1-37-14-20-19(17-5-7-18(38)8-6-17)9-11-23(25(20)27(37)39)35-28-33-13-21(29(30,31)32)26(36-28)34-22-10-4-16(12-24(22)42-2)15-43(3,40)41/h4,9-13,17-18,38H,5-8,14-15H2,1-3H3,(H,40,41)(H2,33,34,35,36)/t17-,18-. The summed E-state index contributed by atoms with van der Waals surface area (Å²) in [6.07, 6.45) is -1.59. The fourth-order valence-corrected chi connectivity index (χ4v) is 6.59. The molecule has 2 heterocycles. The number of alkyl halides is 3. The zero-order valence-corrected chi connectivity index (χ0v) is 24.8. The summed E-state index contributed by atoms with van der Waals surface area (Å²) in [6.45, 7) is 1.62. The van der Waals surface area contributed by atoms with Gasteiger partial charge in [0.25, 0.3) is 5.91 Å². The van der Waals surface area contributed by atoms with Crippen LogP contribution in [0.3, 0.4) is 0 Å². The monoisotopic (exact) mass is 619 g/mol. The number of benzene rings is 2. The zero-order chi connectivity index (χ0) is 31.1. The van der Waals surface area contributed by atoms with Crippen molar-refractivity contribution in [1.82, 2.24) is 14.9 Å². The van der Waals surface area contributed by atoms with Crippen molar-refractivity contribution in [2.45, 2.75) is 56.6 Å². The van der Waals surface area contributed by atoms with Gasteiger partial charge in [-0.15, -0.1) is 0 Å². The molecule has 4 N–H and O–H groups in total. The van der Waals surface area contributed by atoms with Gasteiger partial charge in [0.05, 0.1) is 30.2 Å². The molecule has 0 radical (unpaired) electrons. The van der Waals surface area contributed by atoms with Crippen molar-refractivity contribution in [3.63, 3.8) is 0 Å². The van der Waals surface area contributed by atoms with Crippen molar-refractivity contribution in [2.24, 2.45) is 0 Å².